The van der Waals surface area contributed by atoms with Gasteiger partial charge in [-0.25, -0.2) is 0 Å². The number of rotatable bonds is 5. The predicted molar refractivity (Wildman–Crippen MR) is 70.1 cm³/mol. The minimum atomic E-state index is -0.242. The third-order valence-electron chi connectivity index (χ3n) is 2.85. The van der Waals surface area contributed by atoms with Gasteiger partial charge in [0.05, 0.1) is 12.8 Å². The van der Waals surface area contributed by atoms with E-state index in [0.717, 1.165) is 16.7 Å². The smallest absolute Gasteiger partial charge is 0.305 e. The molecule has 0 saturated carbocycles. The van der Waals surface area contributed by atoms with Crippen molar-refractivity contribution in [2.75, 3.05) is 7.11 Å². The third-order valence-corrected chi connectivity index (χ3v) is 2.85. The number of hydrogen-bond acceptors (Lipinski definition) is 4. The fourth-order valence-corrected chi connectivity index (χ4v) is 1.79. The average Bonchev–Trinajstić information content (AvgIpc) is 2.37. The molecule has 0 amide bonds. The maximum Gasteiger partial charge on any atom is 0.305 e. The van der Waals surface area contributed by atoms with Gasteiger partial charge in [-0.05, 0) is 38.3 Å². The summed E-state index contributed by atoms with van der Waals surface area (Å²) in [6.07, 6.45) is 1.50. The van der Waals surface area contributed by atoms with Crippen LogP contribution in [0.15, 0.2) is 23.4 Å². The molecule has 0 fully saturated rings. The highest BCUT2D eigenvalue weighted by molar-refractivity contribution is 6.01. The van der Waals surface area contributed by atoms with E-state index in [1.54, 1.807) is 0 Å². The second-order valence-corrected chi connectivity index (χ2v) is 4.29. The molecule has 0 saturated heterocycles. The van der Waals surface area contributed by atoms with Gasteiger partial charge in [0.1, 0.15) is 0 Å². The minimum absolute atomic E-state index is 0.242. The van der Waals surface area contributed by atoms with E-state index in [0.29, 0.717) is 25.0 Å². The van der Waals surface area contributed by atoms with Crippen molar-refractivity contribution in [2.24, 2.45) is 5.16 Å². The molecule has 0 bridgehead atoms. The van der Waals surface area contributed by atoms with Crippen molar-refractivity contribution in [3.63, 3.8) is 0 Å². The van der Waals surface area contributed by atoms with Gasteiger partial charge in [0, 0.05) is 12.0 Å². The molecule has 0 unspecified atom stereocenters. The topological polar surface area (TPSA) is 58.9 Å². The molecule has 1 aromatic carbocycles. The van der Waals surface area contributed by atoms with Gasteiger partial charge in [-0.3, -0.25) is 4.79 Å². The maximum atomic E-state index is 11.0. The van der Waals surface area contributed by atoms with Gasteiger partial charge in [0.15, 0.2) is 0 Å². The Kier molecular flexibility index (Phi) is 5.36. The highest BCUT2D eigenvalue weighted by Crippen LogP contribution is 2.15. The van der Waals surface area contributed by atoms with Gasteiger partial charge in [-0.2, -0.15) is 0 Å². The Morgan fingerprint density at radius 3 is 2.67 bits per heavy atom. The van der Waals surface area contributed by atoms with E-state index in [4.69, 9.17) is 5.21 Å². The second-order valence-electron chi connectivity index (χ2n) is 4.29. The fourth-order valence-electron chi connectivity index (χ4n) is 1.79. The summed E-state index contributed by atoms with van der Waals surface area (Å²) in [4.78, 5) is 11.0. The summed E-state index contributed by atoms with van der Waals surface area (Å²) in [6, 6.07) is 6.00. The normalized spacial score (nSPS) is 11.4. The number of methoxy groups -OCH3 is 1. The Hall–Kier alpha value is -1.84. The Balaban J connectivity index is 2.72. The third kappa shape index (κ3) is 3.87. The number of nitrogens with zero attached hydrogens (tertiary/aromatic N) is 1. The van der Waals surface area contributed by atoms with Crippen LogP contribution in [0, 0.1) is 13.8 Å². The first-order valence-corrected chi connectivity index (χ1v) is 5.94. The van der Waals surface area contributed by atoms with Crippen molar-refractivity contribution in [1.82, 2.24) is 0 Å². The molecule has 4 heteroatoms. The first kappa shape index (κ1) is 14.2. The van der Waals surface area contributed by atoms with Crippen molar-refractivity contribution in [2.45, 2.75) is 33.1 Å². The molecule has 0 atom stereocenters. The van der Waals surface area contributed by atoms with Crippen molar-refractivity contribution in [1.29, 1.82) is 0 Å². The number of aryl methyl sites for hydroxylation is 2. The summed E-state index contributed by atoms with van der Waals surface area (Å²) >= 11 is 0. The van der Waals surface area contributed by atoms with E-state index in [9.17, 15) is 4.79 Å². The van der Waals surface area contributed by atoms with Crippen LogP contribution in [0.25, 0.3) is 0 Å². The number of carbonyl (C=O) groups is 1. The largest absolute Gasteiger partial charge is 0.469 e. The van der Waals surface area contributed by atoms with Crippen molar-refractivity contribution in [3.8, 4) is 0 Å². The summed E-state index contributed by atoms with van der Waals surface area (Å²) in [5.41, 5.74) is 3.72. The van der Waals surface area contributed by atoms with Crippen LogP contribution in [0.2, 0.25) is 0 Å². The van der Waals surface area contributed by atoms with Crippen LogP contribution in [0.1, 0.15) is 36.0 Å². The highest BCUT2D eigenvalue weighted by Gasteiger charge is 2.09. The lowest BCUT2D eigenvalue weighted by Crippen LogP contribution is -2.06. The van der Waals surface area contributed by atoms with Crippen molar-refractivity contribution >= 4 is 11.7 Å². The quantitative estimate of drug-likeness (QED) is 0.378. The van der Waals surface area contributed by atoms with E-state index in [2.05, 4.69) is 9.89 Å². The Labute approximate surface area is 107 Å². The van der Waals surface area contributed by atoms with E-state index >= 15 is 0 Å². The van der Waals surface area contributed by atoms with Gasteiger partial charge >= 0.3 is 5.97 Å². The Bertz CT molecular complexity index is 452. The molecule has 0 aliphatic heterocycles. The molecular weight excluding hydrogens is 230 g/mol. The number of hydrogen-bond donors (Lipinski definition) is 1. The number of carbonyl (C=O) groups excluding carboxylic acids is 1. The zero-order valence-corrected chi connectivity index (χ0v) is 11.1. The first-order valence-electron chi connectivity index (χ1n) is 5.94. The molecule has 98 valence electrons. The van der Waals surface area contributed by atoms with Crippen molar-refractivity contribution in [3.05, 3.63) is 34.9 Å². The van der Waals surface area contributed by atoms with Gasteiger partial charge in [-0.1, -0.05) is 22.9 Å². The zero-order valence-electron chi connectivity index (χ0n) is 11.1. The van der Waals surface area contributed by atoms with Crippen LogP contribution >= 0.6 is 0 Å². The lowest BCUT2D eigenvalue weighted by atomic mass is 9.98. The zero-order chi connectivity index (χ0) is 13.5. The predicted octanol–water partition coefficient (Wildman–Crippen LogP) is 2.83. The van der Waals surface area contributed by atoms with E-state index in [1.807, 2.05) is 32.0 Å². The molecular formula is C14H19NO3. The van der Waals surface area contributed by atoms with Gasteiger partial charge in [0.25, 0.3) is 0 Å². The second kappa shape index (κ2) is 6.79. The monoisotopic (exact) mass is 249 g/mol. The SMILES string of the molecule is COC(=O)CCC/C(=N/O)c1cc(C)ccc1C. The summed E-state index contributed by atoms with van der Waals surface area (Å²) in [5, 5.41) is 12.4. The van der Waals surface area contributed by atoms with Crippen LogP contribution < -0.4 is 0 Å². The Morgan fingerprint density at radius 2 is 2.06 bits per heavy atom. The van der Waals surface area contributed by atoms with Crippen LogP contribution in [0.4, 0.5) is 0 Å². The van der Waals surface area contributed by atoms with Crippen molar-refractivity contribution < 1.29 is 14.7 Å². The van der Waals surface area contributed by atoms with E-state index in [1.165, 1.54) is 7.11 Å². The van der Waals surface area contributed by atoms with Gasteiger partial charge in [-0.15, -0.1) is 0 Å². The van der Waals surface area contributed by atoms with Gasteiger partial charge < -0.3 is 9.94 Å². The molecule has 18 heavy (non-hydrogen) atoms. The summed E-state index contributed by atoms with van der Waals surface area (Å²) < 4.78 is 4.57. The first-order chi connectivity index (χ1) is 8.58. The molecule has 0 aromatic heterocycles. The molecule has 0 heterocycles. The lowest BCUT2D eigenvalue weighted by molar-refractivity contribution is -0.140. The van der Waals surface area contributed by atoms with Crippen LogP contribution in [-0.4, -0.2) is 24.0 Å². The maximum absolute atomic E-state index is 11.0. The molecule has 0 aliphatic rings. The van der Waals surface area contributed by atoms with E-state index in [-0.39, 0.29) is 5.97 Å². The summed E-state index contributed by atoms with van der Waals surface area (Å²) in [6.45, 7) is 3.96. The minimum Gasteiger partial charge on any atom is -0.469 e. The van der Waals surface area contributed by atoms with Crippen LogP contribution in [0.5, 0.6) is 0 Å². The number of benzene rings is 1. The molecule has 1 rings (SSSR count). The highest BCUT2D eigenvalue weighted by atomic mass is 16.5. The van der Waals surface area contributed by atoms with Crippen LogP contribution in [-0.2, 0) is 9.53 Å². The molecule has 0 spiro atoms. The Morgan fingerprint density at radius 1 is 1.33 bits per heavy atom. The molecule has 0 aliphatic carbocycles. The standard InChI is InChI=1S/C14H19NO3/c1-10-7-8-11(2)12(9-10)13(15-17)5-4-6-14(16)18-3/h7-9,17H,4-6H2,1-3H3/b15-13-. The average molecular weight is 249 g/mol. The lowest BCUT2D eigenvalue weighted by Gasteiger charge is -2.09. The molecule has 1 N–H and O–H groups in total. The summed E-state index contributed by atoms with van der Waals surface area (Å²) in [5.74, 6) is -0.242. The molecule has 1 aromatic rings. The van der Waals surface area contributed by atoms with Crippen LogP contribution in [0.3, 0.4) is 0 Å². The van der Waals surface area contributed by atoms with Gasteiger partial charge in [0.2, 0.25) is 0 Å². The van der Waals surface area contributed by atoms with E-state index < -0.39 is 0 Å². The number of oxime groups is 1. The summed E-state index contributed by atoms with van der Waals surface area (Å²) in [7, 11) is 1.37. The molecule has 0 radical (unpaired) electrons. The number of ether oxygens (including phenoxy) is 1. The molecule has 4 nitrogen and oxygen atoms in total. The fraction of sp³-hybridized carbons (Fsp3) is 0.429. The number of esters is 1.